The third-order valence-corrected chi connectivity index (χ3v) is 4.62. The zero-order chi connectivity index (χ0) is 14.7. The molecule has 2 unspecified atom stereocenters. The van der Waals surface area contributed by atoms with Crippen LogP contribution in [0.4, 0.5) is 0 Å². The van der Waals surface area contributed by atoms with Crippen molar-refractivity contribution in [2.45, 2.75) is 45.5 Å². The van der Waals surface area contributed by atoms with E-state index in [4.69, 9.17) is 16.6 Å². The van der Waals surface area contributed by atoms with E-state index in [2.05, 4.69) is 30.3 Å². The number of hydrogen-bond acceptors (Lipinski definition) is 3. The lowest BCUT2D eigenvalue weighted by Crippen LogP contribution is -2.11. The highest BCUT2D eigenvalue weighted by molar-refractivity contribution is 7.99. The molecule has 5 heteroatoms. The number of fused-ring (bicyclic) bond motifs is 1. The maximum absolute atomic E-state index is 6.32. The van der Waals surface area contributed by atoms with Gasteiger partial charge in [-0.2, -0.15) is 11.8 Å². The summed E-state index contributed by atoms with van der Waals surface area (Å²) in [6.45, 7) is 8.47. The van der Waals surface area contributed by atoms with Crippen LogP contribution in [0.2, 0.25) is 0 Å². The van der Waals surface area contributed by atoms with E-state index in [0.29, 0.717) is 6.04 Å². The number of rotatable bonds is 6. The molecule has 0 aromatic carbocycles. The Morgan fingerprint density at radius 3 is 2.80 bits per heavy atom. The first-order valence-electron chi connectivity index (χ1n) is 7.11. The topological polar surface area (TPSA) is 30.7 Å². The summed E-state index contributed by atoms with van der Waals surface area (Å²) in [5, 5.41) is -0.107. The lowest BCUT2D eigenvalue weighted by molar-refractivity contribution is 0.522. The summed E-state index contributed by atoms with van der Waals surface area (Å²) in [5.74, 6) is 3.24. The van der Waals surface area contributed by atoms with Crippen molar-refractivity contribution in [3.05, 3.63) is 23.7 Å². The summed E-state index contributed by atoms with van der Waals surface area (Å²) in [6.07, 6.45) is 2.96. The smallest absolute Gasteiger partial charge is 0.160 e. The molecular weight excluding hydrogens is 290 g/mol. The van der Waals surface area contributed by atoms with Crippen LogP contribution in [-0.4, -0.2) is 26.0 Å². The van der Waals surface area contributed by atoms with Gasteiger partial charge in [0.05, 0.1) is 5.38 Å². The number of hydrogen-bond donors (Lipinski definition) is 0. The highest BCUT2D eigenvalue weighted by Crippen LogP contribution is 2.29. The van der Waals surface area contributed by atoms with Gasteiger partial charge in [0.1, 0.15) is 11.3 Å². The molecule has 110 valence electrons. The summed E-state index contributed by atoms with van der Waals surface area (Å²) >= 11 is 8.29. The fraction of sp³-hybridized carbons (Fsp3) is 0.600. The van der Waals surface area contributed by atoms with Crippen molar-refractivity contribution in [2.75, 3.05) is 11.5 Å². The van der Waals surface area contributed by atoms with E-state index in [1.807, 2.05) is 30.9 Å². The van der Waals surface area contributed by atoms with Gasteiger partial charge in [-0.05, 0) is 50.3 Å². The quantitative estimate of drug-likeness (QED) is 0.570. The number of halogens is 1. The Balaban J connectivity index is 2.43. The molecule has 2 aromatic heterocycles. The van der Waals surface area contributed by atoms with Gasteiger partial charge in [-0.3, -0.25) is 0 Å². The van der Waals surface area contributed by atoms with Gasteiger partial charge in [0, 0.05) is 12.2 Å². The third-order valence-electron chi connectivity index (χ3n) is 3.49. The van der Waals surface area contributed by atoms with Crippen LogP contribution in [0.25, 0.3) is 11.2 Å². The second-order valence-corrected chi connectivity index (χ2v) is 7.14. The molecule has 0 radical (unpaired) electrons. The Morgan fingerprint density at radius 1 is 1.40 bits per heavy atom. The minimum Gasteiger partial charge on any atom is -0.309 e. The number of alkyl halides is 1. The Kier molecular flexibility index (Phi) is 5.33. The van der Waals surface area contributed by atoms with Crippen LogP contribution in [-0.2, 0) is 0 Å². The zero-order valence-electron chi connectivity index (χ0n) is 12.6. The van der Waals surface area contributed by atoms with Crippen LogP contribution in [0.3, 0.4) is 0 Å². The zero-order valence-corrected chi connectivity index (χ0v) is 14.1. The van der Waals surface area contributed by atoms with Crippen LogP contribution in [0, 0.1) is 6.92 Å². The molecule has 3 nitrogen and oxygen atoms in total. The minimum absolute atomic E-state index is 0.107. The molecule has 0 fully saturated rings. The van der Waals surface area contributed by atoms with E-state index >= 15 is 0 Å². The molecule has 0 spiro atoms. The van der Waals surface area contributed by atoms with Gasteiger partial charge in [0.15, 0.2) is 5.65 Å². The molecule has 0 saturated heterocycles. The Morgan fingerprint density at radius 2 is 2.15 bits per heavy atom. The van der Waals surface area contributed by atoms with Gasteiger partial charge in [0.2, 0.25) is 0 Å². The van der Waals surface area contributed by atoms with E-state index in [1.165, 1.54) is 0 Å². The van der Waals surface area contributed by atoms with Crippen molar-refractivity contribution in [2.24, 2.45) is 0 Å². The predicted molar refractivity (Wildman–Crippen MR) is 88.9 cm³/mol. The van der Waals surface area contributed by atoms with Gasteiger partial charge in [0.25, 0.3) is 0 Å². The molecule has 0 amide bonds. The maximum atomic E-state index is 6.32. The van der Waals surface area contributed by atoms with Gasteiger partial charge < -0.3 is 4.57 Å². The van der Waals surface area contributed by atoms with E-state index < -0.39 is 0 Å². The molecule has 0 saturated carbocycles. The van der Waals surface area contributed by atoms with E-state index in [1.54, 1.807) is 0 Å². The lowest BCUT2D eigenvalue weighted by atomic mass is 10.2. The molecule has 0 aliphatic carbocycles. The average molecular weight is 312 g/mol. The van der Waals surface area contributed by atoms with Crippen molar-refractivity contribution in [1.82, 2.24) is 14.5 Å². The summed E-state index contributed by atoms with van der Waals surface area (Å²) < 4.78 is 2.22. The second-order valence-electron chi connectivity index (χ2n) is 5.09. The molecule has 2 heterocycles. The molecule has 0 aliphatic rings. The molecular formula is C15H22ClN3S. The number of aromatic nitrogens is 3. The number of pyridine rings is 1. The highest BCUT2D eigenvalue weighted by Gasteiger charge is 2.20. The standard InChI is InChI=1S/C15H22ClN3S/c1-5-20-9-7-11(3)19-14(12(4)16)18-13-10(2)6-8-17-15(13)19/h6,8,11-12H,5,7,9H2,1-4H3. The molecule has 2 aromatic rings. The largest absolute Gasteiger partial charge is 0.309 e. The molecule has 0 aliphatic heterocycles. The first-order valence-corrected chi connectivity index (χ1v) is 8.70. The van der Waals surface area contributed by atoms with Crippen molar-refractivity contribution in [3.63, 3.8) is 0 Å². The molecule has 20 heavy (non-hydrogen) atoms. The molecule has 0 N–H and O–H groups in total. The van der Waals surface area contributed by atoms with Crippen LogP contribution >= 0.6 is 23.4 Å². The number of imidazole rings is 1. The Bertz CT molecular complexity index is 580. The van der Waals surface area contributed by atoms with Crippen LogP contribution in [0.5, 0.6) is 0 Å². The number of aryl methyl sites for hydroxylation is 1. The van der Waals surface area contributed by atoms with Crippen molar-refractivity contribution in [1.29, 1.82) is 0 Å². The van der Waals surface area contributed by atoms with Gasteiger partial charge in [-0.1, -0.05) is 6.92 Å². The van der Waals surface area contributed by atoms with Crippen LogP contribution in [0.15, 0.2) is 12.3 Å². The van der Waals surface area contributed by atoms with Gasteiger partial charge >= 0.3 is 0 Å². The summed E-state index contributed by atoms with van der Waals surface area (Å²) in [4.78, 5) is 9.25. The normalized spacial score (nSPS) is 14.7. The van der Waals surface area contributed by atoms with Crippen LogP contribution < -0.4 is 0 Å². The van der Waals surface area contributed by atoms with Crippen LogP contribution in [0.1, 0.15) is 50.0 Å². The highest BCUT2D eigenvalue weighted by atomic mass is 35.5. The summed E-state index contributed by atoms with van der Waals surface area (Å²) in [5.41, 5.74) is 3.09. The maximum Gasteiger partial charge on any atom is 0.160 e. The first-order chi connectivity index (χ1) is 9.56. The van der Waals surface area contributed by atoms with Crippen molar-refractivity contribution in [3.8, 4) is 0 Å². The van der Waals surface area contributed by atoms with Gasteiger partial charge in [-0.25, -0.2) is 9.97 Å². The predicted octanol–water partition coefficient (Wildman–Crippen LogP) is 4.74. The average Bonchev–Trinajstić information content (AvgIpc) is 2.80. The summed E-state index contributed by atoms with van der Waals surface area (Å²) in [6, 6.07) is 2.37. The third kappa shape index (κ3) is 3.12. The lowest BCUT2D eigenvalue weighted by Gasteiger charge is -2.17. The van der Waals surface area contributed by atoms with Crippen molar-refractivity contribution >= 4 is 34.5 Å². The molecule has 2 atom stereocenters. The summed E-state index contributed by atoms with van der Waals surface area (Å²) in [7, 11) is 0. The van der Waals surface area contributed by atoms with Gasteiger partial charge in [-0.15, -0.1) is 11.6 Å². The fourth-order valence-corrected chi connectivity index (χ4v) is 3.32. The SMILES string of the molecule is CCSCCC(C)n1c(C(C)Cl)nc2c(C)ccnc21. The Labute approximate surface area is 130 Å². The van der Waals surface area contributed by atoms with E-state index in [0.717, 1.165) is 40.5 Å². The number of thioether (sulfide) groups is 1. The fourth-order valence-electron chi connectivity index (χ4n) is 2.37. The molecule has 2 rings (SSSR count). The molecule has 0 bridgehead atoms. The van der Waals surface area contributed by atoms with E-state index in [9.17, 15) is 0 Å². The minimum atomic E-state index is -0.107. The number of nitrogens with zero attached hydrogens (tertiary/aromatic N) is 3. The van der Waals surface area contributed by atoms with E-state index in [-0.39, 0.29) is 5.38 Å². The van der Waals surface area contributed by atoms with Crippen molar-refractivity contribution < 1.29 is 0 Å². The Hall–Kier alpha value is -0.740. The first kappa shape index (κ1) is 15.6. The monoisotopic (exact) mass is 311 g/mol. The second kappa shape index (κ2) is 6.81.